The minimum atomic E-state index is -0.126. The molecule has 2 nitrogen and oxygen atoms in total. The first-order chi connectivity index (χ1) is 28.0. The van der Waals surface area contributed by atoms with Crippen molar-refractivity contribution in [1.82, 2.24) is 0 Å². The Labute approximate surface area is 353 Å². The average Bonchev–Trinajstić information content (AvgIpc) is 3.23. The summed E-state index contributed by atoms with van der Waals surface area (Å²) >= 11 is 0. The van der Waals surface area contributed by atoms with E-state index in [1.54, 1.807) is 0 Å². The molecule has 0 saturated heterocycles. The SMILES string of the molecule is CC(C)(C)c1ccc2c(c1)B1c3cc(C(C)(C)C)ccc3N(c3ccc(C(C)(C)c4ccccc4)cc3)c3cccc(c31)N2c1ccc(C(C)(C)c2ccccc2)cc1. The van der Waals surface area contributed by atoms with Gasteiger partial charge in [-0.25, -0.2) is 0 Å². The minimum Gasteiger partial charge on any atom is -0.311 e. The average molecular weight is 769 g/mol. The van der Waals surface area contributed by atoms with Crippen molar-refractivity contribution in [2.45, 2.75) is 90.9 Å². The van der Waals surface area contributed by atoms with Crippen molar-refractivity contribution < 1.29 is 0 Å². The van der Waals surface area contributed by atoms with Gasteiger partial charge in [0.2, 0.25) is 0 Å². The molecule has 0 amide bonds. The summed E-state index contributed by atoms with van der Waals surface area (Å²) in [6, 6.07) is 61.9. The number of fused-ring (bicyclic) bond motifs is 4. The molecule has 7 aromatic rings. The van der Waals surface area contributed by atoms with E-state index in [0.29, 0.717) is 0 Å². The molecule has 0 aliphatic carbocycles. The van der Waals surface area contributed by atoms with E-state index in [2.05, 4.69) is 243 Å². The van der Waals surface area contributed by atoms with Gasteiger partial charge >= 0.3 is 0 Å². The molecule has 0 saturated carbocycles. The fraction of sp³-hybridized carbons (Fsp3) is 0.250. The van der Waals surface area contributed by atoms with E-state index >= 15 is 0 Å². The maximum absolute atomic E-state index is 2.53. The molecule has 0 fully saturated rings. The Kier molecular flexibility index (Phi) is 9.12. The lowest BCUT2D eigenvalue weighted by atomic mass is 9.33. The van der Waals surface area contributed by atoms with Crippen LogP contribution in [0.2, 0.25) is 0 Å². The van der Waals surface area contributed by atoms with Crippen LogP contribution >= 0.6 is 0 Å². The summed E-state index contributed by atoms with van der Waals surface area (Å²) in [7, 11) is 0. The number of anilines is 6. The molecule has 0 atom stereocenters. The smallest absolute Gasteiger partial charge is 0.252 e. The number of hydrogen-bond acceptors (Lipinski definition) is 2. The Balaban J connectivity index is 1.25. The molecule has 0 radical (unpaired) electrons. The van der Waals surface area contributed by atoms with Gasteiger partial charge in [0.1, 0.15) is 0 Å². The lowest BCUT2D eigenvalue weighted by molar-refractivity contribution is 0.590. The summed E-state index contributed by atoms with van der Waals surface area (Å²) < 4.78 is 0. The molecule has 9 rings (SSSR count). The highest BCUT2D eigenvalue weighted by atomic mass is 15.2. The normalized spacial score (nSPS) is 13.8. The Morgan fingerprint density at radius 1 is 0.322 bits per heavy atom. The van der Waals surface area contributed by atoms with Crippen molar-refractivity contribution in [2.24, 2.45) is 0 Å². The highest BCUT2D eigenvalue weighted by Crippen LogP contribution is 2.46. The van der Waals surface area contributed by atoms with Crippen LogP contribution in [0.15, 0.2) is 164 Å². The molecule has 2 heterocycles. The van der Waals surface area contributed by atoms with Crippen LogP contribution in [0, 0.1) is 0 Å². The fourth-order valence-electron chi connectivity index (χ4n) is 9.53. The second kappa shape index (κ2) is 13.9. The molecule has 294 valence electrons. The third-order valence-electron chi connectivity index (χ3n) is 13.4. The van der Waals surface area contributed by atoms with Gasteiger partial charge in [0, 0.05) is 45.0 Å². The molecular weight excluding hydrogens is 711 g/mol. The maximum Gasteiger partial charge on any atom is 0.252 e. The van der Waals surface area contributed by atoms with E-state index in [1.807, 2.05) is 0 Å². The van der Waals surface area contributed by atoms with E-state index in [-0.39, 0.29) is 28.4 Å². The monoisotopic (exact) mass is 768 g/mol. The fourth-order valence-corrected chi connectivity index (χ4v) is 9.53. The lowest BCUT2D eigenvalue weighted by Crippen LogP contribution is -2.61. The van der Waals surface area contributed by atoms with Gasteiger partial charge in [-0.1, -0.05) is 184 Å². The summed E-state index contributed by atoms with van der Waals surface area (Å²) in [5, 5.41) is 0. The van der Waals surface area contributed by atoms with Gasteiger partial charge < -0.3 is 9.80 Å². The van der Waals surface area contributed by atoms with E-state index in [4.69, 9.17) is 0 Å². The van der Waals surface area contributed by atoms with Gasteiger partial charge in [0.05, 0.1) is 0 Å². The van der Waals surface area contributed by atoms with Gasteiger partial charge in [-0.2, -0.15) is 0 Å². The van der Waals surface area contributed by atoms with Crippen molar-refractivity contribution in [1.29, 1.82) is 0 Å². The molecule has 59 heavy (non-hydrogen) atoms. The van der Waals surface area contributed by atoms with Gasteiger partial charge in [-0.05, 0) is 109 Å². The van der Waals surface area contributed by atoms with E-state index in [1.165, 1.54) is 83.9 Å². The summed E-state index contributed by atoms with van der Waals surface area (Å²) in [6.45, 7) is 23.4. The molecule has 0 N–H and O–H groups in total. The molecule has 0 aromatic heterocycles. The molecule has 2 aliphatic rings. The molecule has 3 heteroatoms. The maximum atomic E-state index is 2.53. The quantitative estimate of drug-likeness (QED) is 0.155. The van der Waals surface area contributed by atoms with Crippen molar-refractivity contribution in [3.05, 3.63) is 197 Å². The summed E-state index contributed by atoms with van der Waals surface area (Å²) in [4.78, 5) is 5.05. The molecular formula is C56H57BN2. The van der Waals surface area contributed by atoms with Crippen LogP contribution in [0.25, 0.3) is 0 Å². The molecule has 0 spiro atoms. The first-order valence-electron chi connectivity index (χ1n) is 21.4. The Bertz CT molecular complexity index is 2480. The molecule has 0 unspecified atom stereocenters. The number of nitrogens with zero attached hydrogens (tertiary/aromatic N) is 2. The lowest BCUT2D eigenvalue weighted by Gasteiger charge is -2.45. The largest absolute Gasteiger partial charge is 0.311 e. The molecule has 7 aromatic carbocycles. The summed E-state index contributed by atoms with van der Waals surface area (Å²) in [6.07, 6.45) is 0. The summed E-state index contributed by atoms with van der Waals surface area (Å²) in [5.41, 5.74) is 19.0. The van der Waals surface area contributed by atoms with Crippen molar-refractivity contribution in [3.8, 4) is 0 Å². The van der Waals surface area contributed by atoms with Crippen LogP contribution in [0.4, 0.5) is 34.1 Å². The van der Waals surface area contributed by atoms with Gasteiger partial charge in [-0.15, -0.1) is 0 Å². The van der Waals surface area contributed by atoms with Crippen LogP contribution in [0.1, 0.15) is 103 Å². The van der Waals surface area contributed by atoms with Crippen molar-refractivity contribution >= 4 is 57.2 Å². The van der Waals surface area contributed by atoms with Crippen molar-refractivity contribution in [2.75, 3.05) is 9.80 Å². The van der Waals surface area contributed by atoms with E-state index < -0.39 is 0 Å². The van der Waals surface area contributed by atoms with E-state index in [0.717, 1.165) is 0 Å². The first kappa shape index (κ1) is 38.7. The third kappa shape index (κ3) is 6.51. The highest BCUT2D eigenvalue weighted by Gasteiger charge is 2.44. The second-order valence-electron chi connectivity index (χ2n) is 19.9. The topological polar surface area (TPSA) is 6.48 Å². The Morgan fingerprint density at radius 2 is 0.661 bits per heavy atom. The molecule has 2 aliphatic heterocycles. The van der Waals surface area contributed by atoms with Crippen LogP contribution in [0.5, 0.6) is 0 Å². The van der Waals surface area contributed by atoms with Crippen LogP contribution in [0.3, 0.4) is 0 Å². The van der Waals surface area contributed by atoms with Gasteiger partial charge in [0.25, 0.3) is 6.71 Å². The van der Waals surface area contributed by atoms with Crippen LogP contribution < -0.4 is 26.2 Å². The summed E-state index contributed by atoms with van der Waals surface area (Å²) in [5.74, 6) is 0. The second-order valence-corrected chi connectivity index (χ2v) is 19.9. The zero-order valence-corrected chi connectivity index (χ0v) is 36.6. The predicted molar refractivity (Wildman–Crippen MR) is 255 cm³/mol. The van der Waals surface area contributed by atoms with E-state index in [9.17, 15) is 0 Å². The van der Waals surface area contributed by atoms with Crippen molar-refractivity contribution in [3.63, 3.8) is 0 Å². The third-order valence-corrected chi connectivity index (χ3v) is 13.4. The Morgan fingerprint density at radius 3 is 1.02 bits per heavy atom. The van der Waals surface area contributed by atoms with Crippen LogP contribution in [-0.4, -0.2) is 6.71 Å². The zero-order chi connectivity index (χ0) is 41.5. The Hall–Kier alpha value is -5.80. The number of hydrogen-bond donors (Lipinski definition) is 0. The first-order valence-corrected chi connectivity index (χ1v) is 21.4. The molecule has 0 bridgehead atoms. The van der Waals surface area contributed by atoms with Crippen LogP contribution in [-0.2, 0) is 21.7 Å². The minimum absolute atomic E-state index is 0.00358. The predicted octanol–water partition coefficient (Wildman–Crippen LogP) is 13.0. The van der Waals surface area contributed by atoms with Gasteiger partial charge in [0.15, 0.2) is 0 Å². The number of benzene rings is 7. The highest BCUT2D eigenvalue weighted by molar-refractivity contribution is 7.00. The zero-order valence-electron chi connectivity index (χ0n) is 36.6. The number of rotatable bonds is 6. The standard InChI is InChI=1S/C56H57BN2/c1-53(2,3)42-28-34-48-46(36-42)57-47-37-43(54(4,5)6)29-35-49(47)59(45-32-26-41(27-33-45)56(9,10)39-20-15-12-16-21-39)51-23-17-22-50(52(51)57)58(48)44-30-24-40(25-31-44)55(7,8)38-18-13-11-14-19-38/h11-37H,1-10H3. The van der Waals surface area contributed by atoms with Gasteiger partial charge in [-0.3, -0.25) is 0 Å².